The van der Waals surface area contributed by atoms with Crippen molar-refractivity contribution in [1.29, 1.82) is 5.26 Å². The monoisotopic (exact) mass is 394 g/mol. The van der Waals surface area contributed by atoms with E-state index in [4.69, 9.17) is 10.00 Å². The Labute approximate surface area is 156 Å². The smallest absolute Gasteiger partial charge is 0.438 e. The first-order valence-electron chi connectivity index (χ1n) is 8.29. The Morgan fingerprint density at radius 1 is 1.17 bits per heavy atom. The summed E-state index contributed by atoms with van der Waals surface area (Å²) in [5.74, 6) is 1.85. The van der Waals surface area contributed by atoms with Gasteiger partial charge < -0.3 is 9.47 Å². The van der Waals surface area contributed by atoms with Gasteiger partial charge in [-0.1, -0.05) is 21.6 Å². The lowest BCUT2D eigenvalue weighted by molar-refractivity contribution is 0.0779. The Bertz CT molecular complexity index is 371. The lowest BCUT2D eigenvalue weighted by Crippen LogP contribution is -2.34. The van der Waals surface area contributed by atoms with Gasteiger partial charge in [-0.3, -0.25) is 4.67 Å². The third-order valence-electron chi connectivity index (χ3n) is 3.15. The first-order valence-corrected chi connectivity index (χ1v) is 12.4. The van der Waals surface area contributed by atoms with Gasteiger partial charge in [0.25, 0.3) is 0 Å². The third kappa shape index (κ3) is 11.4. The van der Waals surface area contributed by atoms with Crippen LogP contribution in [0.15, 0.2) is 0 Å². The highest BCUT2D eigenvalue weighted by Gasteiger charge is 2.22. The van der Waals surface area contributed by atoms with Gasteiger partial charge in [0.1, 0.15) is 6.61 Å². The first kappa shape index (κ1) is 23.9. The standard InChI is InChI=1S/C16H31N2O3PS2/c1-14(2)18(15(3)4)22(10-6-8-17)11-7-12-23-24-13-9-21-16(19)20-5/h14-15H,6-7,9-13H2,1-5H3. The highest BCUT2D eigenvalue weighted by Crippen LogP contribution is 2.45. The van der Waals surface area contributed by atoms with E-state index in [-0.39, 0.29) is 8.07 Å². The van der Waals surface area contributed by atoms with Gasteiger partial charge in [0, 0.05) is 30.0 Å². The number of methoxy groups -OCH3 is 1. The zero-order valence-electron chi connectivity index (χ0n) is 15.5. The quantitative estimate of drug-likeness (QED) is 0.189. The summed E-state index contributed by atoms with van der Waals surface area (Å²) in [7, 11) is 4.61. The van der Waals surface area contributed by atoms with Gasteiger partial charge in [-0.2, -0.15) is 5.26 Å². The van der Waals surface area contributed by atoms with E-state index in [0.29, 0.717) is 25.1 Å². The van der Waals surface area contributed by atoms with E-state index in [1.807, 2.05) is 10.8 Å². The summed E-state index contributed by atoms with van der Waals surface area (Å²) < 4.78 is 11.8. The maximum atomic E-state index is 10.8. The second-order valence-corrected chi connectivity index (χ2v) is 10.8. The molecule has 0 aliphatic carbocycles. The Hall–Kier alpha value is -0.150. The van der Waals surface area contributed by atoms with E-state index in [2.05, 4.69) is 43.2 Å². The van der Waals surface area contributed by atoms with Gasteiger partial charge in [-0.25, -0.2) is 4.79 Å². The summed E-state index contributed by atoms with van der Waals surface area (Å²) in [5, 5.41) is 8.91. The summed E-state index contributed by atoms with van der Waals surface area (Å²) >= 11 is 0. The summed E-state index contributed by atoms with van der Waals surface area (Å²) in [6, 6.07) is 3.34. The molecule has 0 bridgehead atoms. The topological polar surface area (TPSA) is 62.6 Å². The Morgan fingerprint density at radius 3 is 2.33 bits per heavy atom. The van der Waals surface area contributed by atoms with Crippen molar-refractivity contribution in [2.24, 2.45) is 0 Å². The summed E-state index contributed by atoms with van der Waals surface area (Å²) in [5.41, 5.74) is 0. The molecular weight excluding hydrogens is 363 g/mol. The molecular formula is C16H31N2O3PS2. The van der Waals surface area contributed by atoms with Gasteiger partial charge in [0.15, 0.2) is 0 Å². The molecule has 0 aliphatic heterocycles. The molecule has 0 radical (unpaired) electrons. The van der Waals surface area contributed by atoms with Crippen molar-refractivity contribution in [3.63, 3.8) is 0 Å². The molecule has 0 heterocycles. The van der Waals surface area contributed by atoms with E-state index >= 15 is 0 Å². The molecule has 0 aromatic heterocycles. The predicted octanol–water partition coefficient (Wildman–Crippen LogP) is 4.97. The van der Waals surface area contributed by atoms with Crippen LogP contribution in [0.1, 0.15) is 40.5 Å². The van der Waals surface area contributed by atoms with Crippen molar-refractivity contribution in [1.82, 2.24) is 4.67 Å². The normalized spacial score (nSPS) is 12.5. The van der Waals surface area contributed by atoms with Gasteiger partial charge in [-0.15, -0.1) is 0 Å². The van der Waals surface area contributed by atoms with Crippen LogP contribution in [-0.2, 0) is 9.47 Å². The van der Waals surface area contributed by atoms with Crippen LogP contribution in [0.5, 0.6) is 0 Å². The van der Waals surface area contributed by atoms with Crippen LogP contribution in [-0.4, -0.2) is 60.5 Å². The van der Waals surface area contributed by atoms with Crippen molar-refractivity contribution in [2.45, 2.75) is 52.6 Å². The number of carbonyl (C=O) groups excluding carboxylic acids is 1. The van der Waals surface area contributed by atoms with E-state index in [0.717, 1.165) is 24.1 Å². The van der Waals surface area contributed by atoms with Crippen LogP contribution in [0, 0.1) is 11.3 Å². The molecule has 1 unspecified atom stereocenters. The fourth-order valence-corrected chi connectivity index (χ4v) is 7.41. The van der Waals surface area contributed by atoms with Crippen molar-refractivity contribution in [2.75, 3.05) is 37.5 Å². The van der Waals surface area contributed by atoms with Gasteiger partial charge in [0.05, 0.1) is 13.2 Å². The summed E-state index contributed by atoms with van der Waals surface area (Å²) in [6.45, 7) is 9.36. The molecule has 0 spiro atoms. The average Bonchev–Trinajstić information content (AvgIpc) is 2.53. The maximum absolute atomic E-state index is 10.8. The molecule has 140 valence electrons. The van der Waals surface area contributed by atoms with Gasteiger partial charge in [0.2, 0.25) is 0 Å². The lowest BCUT2D eigenvalue weighted by atomic mass is 10.3. The molecule has 0 fully saturated rings. The van der Waals surface area contributed by atoms with Crippen LogP contribution in [0.2, 0.25) is 0 Å². The zero-order valence-corrected chi connectivity index (χ0v) is 18.0. The molecule has 0 saturated heterocycles. The van der Waals surface area contributed by atoms with Crippen LogP contribution in [0.3, 0.4) is 0 Å². The number of ether oxygens (including phenoxy) is 2. The van der Waals surface area contributed by atoms with E-state index in [9.17, 15) is 4.79 Å². The fourth-order valence-electron chi connectivity index (χ4n) is 2.41. The van der Waals surface area contributed by atoms with Crippen LogP contribution in [0.25, 0.3) is 0 Å². The lowest BCUT2D eigenvalue weighted by Gasteiger charge is -2.38. The SMILES string of the molecule is COC(=O)OCCSSCCCP(CCC#N)N(C(C)C)C(C)C. The van der Waals surface area contributed by atoms with Crippen LogP contribution in [0.4, 0.5) is 4.79 Å². The highest BCUT2D eigenvalue weighted by atomic mass is 33.1. The molecule has 0 aromatic rings. The second kappa shape index (κ2) is 15.1. The number of nitrogens with zero attached hydrogens (tertiary/aromatic N) is 2. The average molecular weight is 395 g/mol. The second-order valence-electron chi connectivity index (χ2n) is 5.73. The number of hydrogen-bond donors (Lipinski definition) is 0. The fraction of sp³-hybridized carbons (Fsp3) is 0.875. The Kier molecular flexibility index (Phi) is 15.0. The van der Waals surface area contributed by atoms with Crippen molar-refractivity contribution in [3.8, 4) is 6.07 Å². The maximum Gasteiger partial charge on any atom is 0.508 e. The number of hydrogen-bond acceptors (Lipinski definition) is 7. The minimum atomic E-state index is -0.619. The molecule has 0 aliphatic rings. The first-order chi connectivity index (χ1) is 11.4. The summed E-state index contributed by atoms with van der Waals surface area (Å²) in [6.07, 6.45) is 3.37. The van der Waals surface area contributed by atoms with Crippen LogP contribution < -0.4 is 0 Å². The minimum absolute atomic E-state index is 0.245. The summed E-state index contributed by atoms with van der Waals surface area (Å²) in [4.78, 5) is 10.8. The largest absolute Gasteiger partial charge is 0.508 e. The van der Waals surface area contributed by atoms with Crippen LogP contribution >= 0.6 is 29.7 Å². The highest BCUT2D eigenvalue weighted by molar-refractivity contribution is 8.76. The third-order valence-corrected chi connectivity index (χ3v) is 8.75. The van der Waals surface area contributed by atoms with E-state index in [1.165, 1.54) is 13.3 Å². The molecule has 24 heavy (non-hydrogen) atoms. The number of carbonyl (C=O) groups is 1. The Balaban J connectivity index is 4.02. The number of nitriles is 1. The molecule has 0 aromatic carbocycles. The van der Waals surface area contributed by atoms with Crippen molar-refractivity contribution in [3.05, 3.63) is 0 Å². The van der Waals surface area contributed by atoms with Crippen molar-refractivity contribution < 1.29 is 14.3 Å². The minimum Gasteiger partial charge on any atom is -0.438 e. The molecule has 5 nitrogen and oxygen atoms in total. The molecule has 1 atom stereocenters. The van der Waals surface area contributed by atoms with E-state index < -0.39 is 6.16 Å². The molecule has 0 rings (SSSR count). The van der Waals surface area contributed by atoms with Gasteiger partial charge >= 0.3 is 6.16 Å². The molecule has 0 N–H and O–H groups in total. The number of rotatable bonds is 13. The zero-order chi connectivity index (χ0) is 18.4. The Morgan fingerprint density at radius 2 is 1.79 bits per heavy atom. The molecule has 0 amide bonds. The van der Waals surface area contributed by atoms with E-state index in [1.54, 1.807) is 10.8 Å². The van der Waals surface area contributed by atoms with Crippen molar-refractivity contribution >= 4 is 35.8 Å². The van der Waals surface area contributed by atoms with Gasteiger partial charge in [-0.05, 0) is 54.5 Å². The molecule has 0 saturated carbocycles. The predicted molar refractivity (Wildman–Crippen MR) is 107 cm³/mol. The molecule has 8 heteroatoms.